The molecule has 0 unspecified atom stereocenters. The molecule has 0 aromatic heterocycles. The van der Waals surface area contributed by atoms with Crippen molar-refractivity contribution in [2.75, 3.05) is 11.9 Å². The number of benzene rings is 2. The zero-order valence-electron chi connectivity index (χ0n) is 15.8. The monoisotopic (exact) mass is 386 g/mol. The molecule has 0 fully saturated rings. The number of hydrogen-bond donors (Lipinski definition) is 1. The van der Waals surface area contributed by atoms with Crippen LogP contribution in [0.1, 0.15) is 37.8 Å². The van der Waals surface area contributed by atoms with E-state index in [2.05, 4.69) is 5.32 Å². The lowest BCUT2D eigenvalue weighted by atomic mass is 9.99. The maximum absolute atomic E-state index is 12.9. The lowest BCUT2D eigenvalue weighted by Gasteiger charge is -2.28. The van der Waals surface area contributed by atoms with E-state index >= 15 is 0 Å². The number of carbonyl (C=O) groups is 1. The molecule has 1 aliphatic rings. The number of hydrogen-bond acceptors (Lipinski definition) is 3. The third-order valence-electron chi connectivity index (χ3n) is 5.19. The van der Waals surface area contributed by atoms with Gasteiger partial charge in [0.15, 0.2) is 0 Å². The highest BCUT2D eigenvalue weighted by atomic mass is 32.2. The van der Waals surface area contributed by atoms with Gasteiger partial charge >= 0.3 is 0 Å². The largest absolute Gasteiger partial charge is 0.326 e. The molecular formula is C21H26N2O3S. The van der Waals surface area contributed by atoms with E-state index in [4.69, 9.17) is 0 Å². The predicted octanol–water partition coefficient (Wildman–Crippen LogP) is 3.81. The van der Waals surface area contributed by atoms with E-state index in [1.165, 1.54) is 4.31 Å². The molecule has 0 saturated heterocycles. The Bertz CT molecular complexity index is 906. The van der Waals surface area contributed by atoms with Gasteiger partial charge in [-0.05, 0) is 54.7 Å². The summed E-state index contributed by atoms with van der Waals surface area (Å²) in [6, 6.07) is 14.3. The molecule has 1 heterocycles. The van der Waals surface area contributed by atoms with Gasteiger partial charge in [0, 0.05) is 24.7 Å². The molecule has 1 N–H and O–H groups in total. The molecule has 1 amide bonds. The molecule has 0 saturated carbocycles. The molecule has 0 radical (unpaired) electrons. The van der Waals surface area contributed by atoms with E-state index < -0.39 is 10.0 Å². The Labute approximate surface area is 161 Å². The lowest BCUT2D eigenvalue weighted by Crippen LogP contribution is -2.36. The second-order valence-corrected chi connectivity index (χ2v) is 8.83. The molecule has 2 aromatic rings. The van der Waals surface area contributed by atoms with Gasteiger partial charge in [0.1, 0.15) is 0 Å². The molecule has 0 bridgehead atoms. The van der Waals surface area contributed by atoms with Crippen LogP contribution in [-0.2, 0) is 27.8 Å². The van der Waals surface area contributed by atoms with Crippen LogP contribution in [0.25, 0.3) is 0 Å². The first kappa shape index (κ1) is 19.6. The Hall–Kier alpha value is -2.18. The summed E-state index contributed by atoms with van der Waals surface area (Å²) >= 11 is 0. The summed E-state index contributed by atoms with van der Waals surface area (Å²) < 4.78 is 27.3. The summed E-state index contributed by atoms with van der Waals surface area (Å²) in [7, 11) is -3.52. The van der Waals surface area contributed by atoms with E-state index in [9.17, 15) is 13.2 Å². The molecular weight excluding hydrogens is 360 g/mol. The van der Waals surface area contributed by atoms with E-state index in [1.54, 1.807) is 30.3 Å². The number of nitrogens with zero attached hydrogens (tertiary/aromatic N) is 1. The average Bonchev–Trinajstić information content (AvgIpc) is 2.69. The Morgan fingerprint density at radius 3 is 2.44 bits per heavy atom. The predicted molar refractivity (Wildman–Crippen MR) is 107 cm³/mol. The van der Waals surface area contributed by atoms with E-state index in [0.29, 0.717) is 24.4 Å². The molecule has 27 heavy (non-hydrogen) atoms. The summed E-state index contributed by atoms with van der Waals surface area (Å²) in [6.45, 7) is 4.80. The number of nitrogens with one attached hydrogen (secondary N) is 1. The van der Waals surface area contributed by atoms with Crippen LogP contribution in [0, 0.1) is 5.92 Å². The summed E-state index contributed by atoms with van der Waals surface area (Å²) in [6.07, 6.45) is 2.27. The zero-order valence-corrected chi connectivity index (χ0v) is 16.6. The second-order valence-electron chi connectivity index (χ2n) is 6.89. The van der Waals surface area contributed by atoms with Crippen molar-refractivity contribution >= 4 is 21.6 Å². The van der Waals surface area contributed by atoms with E-state index in [0.717, 1.165) is 29.7 Å². The minimum Gasteiger partial charge on any atom is -0.326 e. The quantitative estimate of drug-likeness (QED) is 0.821. The summed E-state index contributed by atoms with van der Waals surface area (Å²) in [5.74, 6) is 0.0144. The van der Waals surface area contributed by atoms with Gasteiger partial charge in [-0.15, -0.1) is 0 Å². The fraction of sp³-hybridized carbons (Fsp3) is 0.381. The first-order chi connectivity index (χ1) is 13.0. The van der Waals surface area contributed by atoms with E-state index in [-0.39, 0.29) is 11.8 Å². The van der Waals surface area contributed by atoms with Crippen LogP contribution in [0.4, 0.5) is 5.69 Å². The van der Waals surface area contributed by atoms with Crippen molar-refractivity contribution < 1.29 is 13.2 Å². The van der Waals surface area contributed by atoms with Crippen LogP contribution in [0.2, 0.25) is 0 Å². The lowest BCUT2D eigenvalue weighted by molar-refractivity contribution is -0.120. The van der Waals surface area contributed by atoms with Gasteiger partial charge < -0.3 is 5.32 Å². The third-order valence-corrected chi connectivity index (χ3v) is 7.05. The molecule has 3 rings (SSSR count). The molecule has 0 atom stereocenters. The molecule has 6 heteroatoms. The standard InChI is InChI=1S/C21H26N2O3S/c1-3-16(4-2)21(24)22-19-11-10-17-12-13-23(15-18(17)14-19)27(25,26)20-8-6-5-7-9-20/h5-11,14,16H,3-4,12-13,15H2,1-2H3,(H,22,24). The molecule has 5 nitrogen and oxygen atoms in total. The molecule has 1 aliphatic heterocycles. The number of sulfonamides is 1. The van der Waals surface area contributed by atoms with Gasteiger partial charge in [0.05, 0.1) is 4.90 Å². The minimum atomic E-state index is -3.52. The van der Waals surface area contributed by atoms with Crippen LogP contribution < -0.4 is 5.32 Å². The maximum Gasteiger partial charge on any atom is 0.243 e. The molecule has 2 aromatic carbocycles. The fourth-order valence-electron chi connectivity index (χ4n) is 3.46. The number of amides is 1. The van der Waals surface area contributed by atoms with Crippen molar-refractivity contribution in [1.29, 1.82) is 0 Å². The van der Waals surface area contributed by atoms with E-state index in [1.807, 2.05) is 32.0 Å². The number of fused-ring (bicyclic) bond motifs is 1. The van der Waals surface area contributed by atoms with Crippen molar-refractivity contribution in [3.8, 4) is 0 Å². The number of carbonyl (C=O) groups excluding carboxylic acids is 1. The third kappa shape index (κ3) is 4.22. The van der Waals surface area contributed by atoms with Gasteiger partial charge in [0.25, 0.3) is 0 Å². The Morgan fingerprint density at radius 1 is 1.07 bits per heavy atom. The first-order valence-electron chi connectivity index (χ1n) is 9.43. The minimum absolute atomic E-state index is 0.00371. The summed E-state index contributed by atoms with van der Waals surface area (Å²) in [4.78, 5) is 12.6. The SMILES string of the molecule is CCC(CC)C(=O)Nc1ccc2c(c1)CN(S(=O)(=O)c1ccccc1)CC2. The van der Waals surface area contributed by atoms with Gasteiger partial charge in [-0.1, -0.05) is 38.1 Å². The number of anilines is 1. The normalized spacial score (nSPS) is 14.8. The Balaban J connectivity index is 1.80. The van der Waals surface area contributed by atoms with Gasteiger partial charge in [-0.25, -0.2) is 8.42 Å². The van der Waals surface area contributed by atoms with Crippen LogP contribution in [0.15, 0.2) is 53.4 Å². The van der Waals surface area contributed by atoms with Crippen LogP contribution in [-0.4, -0.2) is 25.2 Å². The van der Waals surface area contributed by atoms with Crippen molar-refractivity contribution in [1.82, 2.24) is 4.31 Å². The second kappa shape index (κ2) is 8.23. The molecule has 0 spiro atoms. The van der Waals surface area contributed by atoms with Crippen molar-refractivity contribution in [2.24, 2.45) is 5.92 Å². The molecule has 0 aliphatic carbocycles. The van der Waals surface area contributed by atoms with Gasteiger partial charge in [-0.3, -0.25) is 4.79 Å². The van der Waals surface area contributed by atoms with Crippen LogP contribution in [0.3, 0.4) is 0 Å². The van der Waals surface area contributed by atoms with Gasteiger partial charge in [0.2, 0.25) is 15.9 Å². The maximum atomic E-state index is 12.9. The zero-order chi connectivity index (χ0) is 19.4. The van der Waals surface area contributed by atoms with Crippen molar-refractivity contribution in [3.05, 3.63) is 59.7 Å². The highest BCUT2D eigenvalue weighted by Crippen LogP contribution is 2.27. The highest BCUT2D eigenvalue weighted by Gasteiger charge is 2.28. The van der Waals surface area contributed by atoms with Crippen molar-refractivity contribution in [3.63, 3.8) is 0 Å². The smallest absolute Gasteiger partial charge is 0.243 e. The summed E-state index contributed by atoms with van der Waals surface area (Å²) in [5.41, 5.74) is 2.81. The Kier molecular flexibility index (Phi) is 5.97. The van der Waals surface area contributed by atoms with Crippen LogP contribution in [0.5, 0.6) is 0 Å². The number of rotatable bonds is 6. The Morgan fingerprint density at radius 2 is 1.78 bits per heavy atom. The van der Waals surface area contributed by atoms with Crippen LogP contribution >= 0.6 is 0 Å². The van der Waals surface area contributed by atoms with Crippen molar-refractivity contribution in [2.45, 2.75) is 44.6 Å². The topological polar surface area (TPSA) is 66.5 Å². The summed E-state index contributed by atoms with van der Waals surface area (Å²) in [5, 5.41) is 2.97. The molecule has 144 valence electrons. The highest BCUT2D eigenvalue weighted by molar-refractivity contribution is 7.89. The fourth-order valence-corrected chi connectivity index (χ4v) is 4.90. The van der Waals surface area contributed by atoms with Gasteiger partial charge in [-0.2, -0.15) is 4.31 Å². The average molecular weight is 387 g/mol. The first-order valence-corrected chi connectivity index (χ1v) is 10.9.